The van der Waals surface area contributed by atoms with Gasteiger partial charge in [-0.1, -0.05) is 0 Å². The average molecular weight is 219 g/mol. The summed E-state index contributed by atoms with van der Waals surface area (Å²) in [4.78, 5) is 4.85. The van der Waals surface area contributed by atoms with Gasteiger partial charge in [-0.25, -0.2) is 4.98 Å². The number of aromatic nitrogens is 2. The fraction of sp³-hybridized carbons (Fsp3) is 0.769. The zero-order chi connectivity index (χ0) is 11.0. The highest BCUT2D eigenvalue weighted by molar-refractivity contribution is 5.13. The van der Waals surface area contributed by atoms with Crippen molar-refractivity contribution >= 4 is 0 Å². The lowest BCUT2D eigenvalue weighted by atomic mass is 9.97. The molecule has 1 N–H and O–H groups in total. The van der Waals surface area contributed by atoms with Crippen molar-refractivity contribution in [3.05, 3.63) is 17.7 Å². The maximum absolute atomic E-state index is 4.85. The fourth-order valence-electron chi connectivity index (χ4n) is 3.01. The quantitative estimate of drug-likeness (QED) is 0.785. The molecule has 3 rings (SSSR count). The molecule has 3 heterocycles. The molecule has 0 unspecified atom stereocenters. The highest BCUT2D eigenvalue weighted by Crippen LogP contribution is 2.28. The van der Waals surface area contributed by atoms with Crippen LogP contribution in [0, 0.1) is 0 Å². The lowest BCUT2D eigenvalue weighted by Crippen LogP contribution is -2.28. The zero-order valence-electron chi connectivity index (χ0n) is 10.1. The number of piperidine rings is 1. The lowest BCUT2D eigenvalue weighted by molar-refractivity contribution is 0.425. The molecule has 2 atom stereocenters. The summed E-state index contributed by atoms with van der Waals surface area (Å²) >= 11 is 0. The summed E-state index contributed by atoms with van der Waals surface area (Å²) in [6.45, 7) is 4.61. The maximum Gasteiger partial charge on any atom is 0.109 e. The molecule has 0 bridgehead atoms. The summed E-state index contributed by atoms with van der Waals surface area (Å²) in [6, 6.07) is 0.654. The Morgan fingerprint density at radius 1 is 1.38 bits per heavy atom. The minimum absolute atomic E-state index is 0.652. The molecule has 1 fully saturated rings. The molecule has 0 aromatic carbocycles. The summed E-state index contributed by atoms with van der Waals surface area (Å²) < 4.78 is 2.41. The first-order valence-corrected chi connectivity index (χ1v) is 6.63. The normalized spacial score (nSPS) is 30.1. The molecule has 2 aliphatic rings. The standard InChI is InChI=1S/C13H21N3/c1-10-4-2-6-13-15-12(9-16(10)13)11-5-3-7-14-8-11/h9-11,14H,2-8H2,1H3/t10-,11-/m0/s1. The number of rotatable bonds is 1. The molecule has 0 aliphatic carbocycles. The molecular formula is C13H21N3. The predicted octanol–water partition coefficient (Wildman–Crippen LogP) is 2.25. The van der Waals surface area contributed by atoms with Gasteiger partial charge in [-0.15, -0.1) is 0 Å². The van der Waals surface area contributed by atoms with Crippen molar-refractivity contribution in [3.63, 3.8) is 0 Å². The van der Waals surface area contributed by atoms with Gasteiger partial charge in [0.1, 0.15) is 5.82 Å². The third kappa shape index (κ3) is 1.77. The van der Waals surface area contributed by atoms with Gasteiger partial charge < -0.3 is 9.88 Å². The van der Waals surface area contributed by atoms with Crippen molar-refractivity contribution in [2.75, 3.05) is 13.1 Å². The first kappa shape index (κ1) is 10.3. The van der Waals surface area contributed by atoms with E-state index in [1.807, 2.05) is 0 Å². The van der Waals surface area contributed by atoms with E-state index >= 15 is 0 Å². The Hall–Kier alpha value is -0.830. The van der Waals surface area contributed by atoms with Crippen LogP contribution in [0.1, 0.15) is 56.1 Å². The predicted molar refractivity (Wildman–Crippen MR) is 64.7 cm³/mol. The highest BCUT2D eigenvalue weighted by atomic mass is 15.1. The molecule has 0 spiro atoms. The summed E-state index contributed by atoms with van der Waals surface area (Å²) in [5.41, 5.74) is 1.33. The van der Waals surface area contributed by atoms with Crippen molar-refractivity contribution in [2.24, 2.45) is 0 Å². The van der Waals surface area contributed by atoms with Crippen LogP contribution in [0.5, 0.6) is 0 Å². The molecular weight excluding hydrogens is 198 g/mol. The largest absolute Gasteiger partial charge is 0.332 e. The Kier molecular flexibility index (Phi) is 2.72. The van der Waals surface area contributed by atoms with E-state index < -0.39 is 0 Å². The first-order valence-electron chi connectivity index (χ1n) is 6.63. The van der Waals surface area contributed by atoms with Crippen LogP contribution in [0.4, 0.5) is 0 Å². The number of nitrogens with one attached hydrogen (secondary N) is 1. The van der Waals surface area contributed by atoms with Crippen LogP contribution in [-0.2, 0) is 6.42 Å². The Morgan fingerprint density at radius 2 is 2.31 bits per heavy atom. The monoisotopic (exact) mass is 219 g/mol. The van der Waals surface area contributed by atoms with Crippen molar-refractivity contribution in [1.29, 1.82) is 0 Å². The fourth-order valence-corrected chi connectivity index (χ4v) is 3.01. The molecule has 3 heteroatoms. The molecule has 1 aromatic rings. The van der Waals surface area contributed by atoms with E-state index in [1.54, 1.807) is 0 Å². The van der Waals surface area contributed by atoms with Crippen LogP contribution in [-0.4, -0.2) is 22.6 Å². The third-order valence-electron chi connectivity index (χ3n) is 4.04. The summed E-state index contributed by atoms with van der Waals surface area (Å²) in [7, 11) is 0. The number of fused-ring (bicyclic) bond motifs is 1. The average Bonchev–Trinajstić information content (AvgIpc) is 2.76. The van der Waals surface area contributed by atoms with Crippen LogP contribution >= 0.6 is 0 Å². The van der Waals surface area contributed by atoms with Gasteiger partial charge in [0.05, 0.1) is 5.69 Å². The number of hydrogen-bond donors (Lipinski definition) is 1. The minimum atomic E-state index is 0.652. The van der Waals surface area contributed by atoms with Crippen molar-refractivity contribution in [1.82, 2.24) is 14.9 Å². The Morgan fingerprint density at radius 3 is 3.06 bits per heavy atom. The highest BCUT2D eigenvalue weighted by Gasteiger charge is 2.23. The van der Waals surface area contributed by atoms with E-state index in [2.05, 4.69) is 23.0 Å². The third-order valence-corrected chi connectivity index (χ3v) is 4.04. The smallest absolute Gasteiger partial charge is 0.109 e. The van der Waals surface area contributed by atoms with E-state index in [4.69, 9.17) is 4.98 Å². The number of imidazole rings is 1. The van der Waals surface area contributed by atoms with E-state index in [9.17, 15) is 0 Å². The van der Waals surface area contributed by atoms with Crippen LogP contribution in [0.15, 0.2) is 6.20 Å². The number of nitrogens with zero attached hydrogens (tertiary/aromatic N) is 2. The van der Waals surface area contributed by atoms with Gasteiger partial charge in [-0.2, -0.15) is 0 Å². The van der Waals surface area contributed by atoms with Crippen molar-refractivity contribution < 1.29 is 0 Å². The SMILES string of the molecule is C[C@H]1CCCc2nc([C@H]3CCCNC3)cn21. The topological polar surface area (TPSA) is 29.9 Å². The van der Waals surface area contributed by atoms with Crippen molar-refractivity contribution in [2.45, 2.75) is 51.0 Å². The Balaban J connectivity index is 1.85. The molecule has 16 heavy (non-hydrogen) atoms. The summed E-state index contributed by atoms with van der Waals surface area (Å²) in [5, 5.41) is 3.48. The number of hydrogen-bond acceptors (Lipinski definition) is 2. The number of aryl methyl sites for hydroxylation is 1. The van der Waals surface area contributed by atoms with Crippen LogP contribution in [0.25, 0.3) is 0 Å². The van der Waals surface area contributed by atoms with Gasteiger partial charge in [0.15, 0.2) is 0 Å². The van der Waals surface area contributed by atoms with E-state index in [1.165, 1.54) is 50.2 Å². The van der Waals surface area contributed by atoms with Gasteiger partial charge in [0.2, 0.25) is 0 Å². The molecule has 1 saturated heterocycles. The second-order valence-electron chi connectivity index (χ2n) is 5.27. The molecule has 0 amide bonds. The summed E-state index contributed by atoms with van der Waals surface area (Å²) in [5.74, 6) is 1.97. The first-order chi connectivity index (χ1) is 7.84. The molecule has 2 aliphatic heterocycles. The molecule has 88 valence electrons. The van der Waals surface area contributed by atoms with Crippen molar-refractivity contribution in [3.8, 4) is 0 Å². The van der Waals surface area contributed by atoms with Gasteiger partial charge in [0, 0.05) is 31.1 Å². The molecule has 1 aromatic heterocycles. The Bertz CT molecular complexity index is 363. The maximum atomic E-state index is 4.85. The van der Waals surface area contributed by atoms with E-state index in [0.717, 1.165) is 6.54 Å². The van der Waals surface area contributed by atoms with Gasteiger partial charge in [0.25, 0.3) is 0 Å². The Labute approximate surface area is 97.3 Å². The van der Waals surface area contributed by atoms with Crippen LogP contribution in [0.2, 0.25) is 0 Å². The second-order valence-corrected chi connectivity index (χ2v) is 5.27. The molecule has 3 nitrogen and oxygen atoms in total. The molecule has 0 radical (unpaired) electrons. The summed E-state index contributed by atoms with van der Waals surface area (Å²) in [6.07, 6.45) is 8.70. The van der Waals surface area contributed by atoms with Gasteiger partial charge >= 0.3 is 0 Å². The van der Waals surface area contributed by atoms with E-state index in [-0.39, 0.29) is 0 Å². The minimum Gasteiger partial charge on any atom is -0.332 e. The van der Waals surface area contributed by atoms with Gasteiger partial charge in [-0.3, -0.25) is 0 Å². The lowest BCUT2D eigenvalue weighted by Gasteiger charge is -2.21. The zero-order valence-corrected chi connectivity index (χ0v) is 10.1. The van der Waals surface area contributed by atoms with E-state index in [0.29, 0.717) is 12.0 Å². The van der Waals surface area contributed by atoms with Crippen LogP contribution < -0.4 is 5.32 Å². The second kappa shape index (κ2) is 4.21. The van der Waals surface area contributed by atoms with Crippen LogP contribution in [0.3, 0.4) is 0 Å². The molecule has 0 saturated carbocycles. The van der Waals surface area contributed by atoms with Gasteiger partial charge in [-0.05, 0) is 39.2 Å².